The summed E-state index contributed by atoms with van der Waals surface area (Å²) in [6.07, 6.45) is 3.67. The zero-order valence-electron chi connectivity index (χ0n) is 12.9. The van der Waals surface area contributed by atoms with Gasteiger partial charge < -0.3 is 5.11 Å². The molecule has 4 heteroatoms. The summed E-state index contributed by atoms with van der Waals surface area (Å²) >= 11 is 0. The molecule has 0 amide bonds. The molecule has 0 spiro atoms. The molecule has 2 heterocycles. The first kappa shape index (κ1) is 14.7. The molecule has 0 bridgehead atoms. The lowest BCUT2D eigenvalue weighted by Gasteiger charge is -2.54. The van der Waals surface area contributed by atoms with Crippen LogP contribution in [0.4, 0.5) is 0 Å². The number of pyridine rings is 1. The highest BCUT2D eigenvalue weighted by Gasteiger charge is 2.45. The van der Waals surface area contributed by atoms with E-state index < -0.39 is 5.97 Å². The van der Waals surface area contributed by atoms with Crippen molar-refractivity contribution < 1.29 is 9.90 Å². The Labute approximate surface area is 130 Å². The van der Waals surface area contributed by atoms with Crippen molar-refractivity contribution in [2.75, 3.05) is 6.54 Å². The summed E-state index contributed by atoms with van der Waals surface area (Å²) in [5, 5.41) is 8.96. The number of hydrogen-bond acceptors (Lipinski definition) is 3. The predicted molar refractivity (Wildman–Crippen MR) is 84.6 cm³/mol. The zero-order valence-corrected chi connectivity index (χ0v) is 12.9. The zero-order chi connectivity index (χ0) is 15.7. The minimum atomic E-state index is -0.883. The molecule has 1 aromatic carbocycles. The Morgan fingerprint density at radius 1 is 1.23 bits per heavy atom. The number of benzene rings is 1. The highest BCUT2D eigenvalue weighted by molar-refractivity contribution is 5.87. The molecule has 1 fully saturated rings. The van der Waals surface area contributed by atoms with E-state index in [1.807, 2.05) is 24.5 Å². The molecule has 114 valence electrons. The Hall–Kier alpha value is -2.20. The fourth-order valence-corrected chi connectivity index (χ4v) is 3.43. The van der Waals surface area contributed by atoms with E-state index in [9.17, 15) is 4.79 Å². The van der Waals surface area contributed by atoms with Crippen molar-refractivity contribution in [3.63, 3.8) is 0 Å². The van der Waals surface area contributed by atoms with E-state index in [0.29, 0.717) is 11.6 Å². The maximum absolute atomic E-state index is 10.9. The molecule has 1 aliphatic heterocycles. The van der Waals surface area contributed by atoms with Crippen LogP contribution in [-0.4, -0.2) is 27.5 Å². The monoisotopic (exact) mass is 296 g/mol. The number of likely N-dealkylation sites (tertiary alicyclic amines) is 1. The minimum Gasteiger partial charge on any atom is -0.478 e. The van der Waals surface area contributed by atoms with Gasteiger partial charge in [0.1, 0.15) is 0 Å². The fraction of sp³-hybridized carbons (Fsp3) is 0.333. The SMILES string of the molecule is CC1(C)CN(Cc2ccc(C(=O)O)cc2)C1c1ccncc1. The van der Waals surface area contributed by atoms with Crippen LogP contribution in [0.15, 0.2) is 48.8 Å². The molecule has 0 aliphatic carbocycles. The van der Waals surface area contributed by atoms with Crippen LogP contribution in [0.1, 0.15) is 41.4 Å². The molecule has 0 radical (unpaired) electrons. The van der Waals surface area contributed by atoms with Crippen LogP contribution in [0.2, 0.25) is 0 Å². The third-order valence-corrected chi connectivity index (χ3v) is 4.32. The second kappa shape index (κ2) is 5.54. The molecule has 0 saturated carbocycles. The van der Waals surface area contributed by atoms with Crippen LogP contribution in [0, 0.1) is 5.41 Å². The summed E-state index contributed by atoms with van der Waals surface area (Å²) in [5.74, 6) is -0.883. The quantitative estimate of drug-likeness (QED) is 0.940. The van der Waals surface area contributed by atoms with Gasteiger partial charge >= 0.3 is 5.97 Å². The first-order valence-electron chi connectivity index (χ1n) is 7.43. The molecule has 1 aromatic heterocycles. The van der Waals surface area contributed by atoms with Crippen molar-refractivity contribution in [1.29, 1.82) is 0 Å². The Balaban J connectivity index is 1.76. The normalized spacial score (nSPS) is 20.4. The standard InChI is InChI=1S/C18H20N2O2/c1-18(2)12-20(16(18)14-7-9-19-10-8-14)11-13-3-5-15(6-4-13)17(21)22/h3-10,16H,11-12H2,1-2H3,(H,21,22). The van der Waals surface area contributed by atoms with Gasteiger partial charge in [-0.25, -0.2) is 4.79 Å². The Morgan fingerprint density at radius 2 is 1.86 bits per heavy atom. The number of carbonyl (C=O) groups is 1. The summed E-state index contributed by atoms with van der Waals surface area (Å²) in [5.41, 5.74) is 2.99. The number of rotatable bonds is 4. The van der Waals surface area contributed by atoms with Crippen LogP contribution in [0.5, 0.6) is 0 Å². The van der Waals surface area contributed by atoms with Crippen LogP contribution < -0.4 is 0 Å². The number of aromatic nitrogens is 1. The maximum Gasteiger partial charge on any atom is 0.335 e. The van der Waals surface area contributed by atoms with E-state index in [2.05, 4.69) is 35.9 Å². The second-order valence-corrected chi connectivity index (χ2v) is 6.58. The van der Waals surface area contributed by atoms with Gasteiger partial charge in [0.2, 0.25) is 0 Å². The van der Waals surface area contributed by atoms with Crippen molar-refractivity contribution in [1.82, 2.24) is 9.88 Å². The van der Waals surface area contributed by atoms with Gasteiger partial charge in [-0.05, 0) is 40.8 Å². The summed E-state index contributed by atoms with van der Waals surface area (Å²) in [4.78, 5) is 17.4. The van der Waals surface area contributed by atoms with Gasteiger partial charge in [-0.1, -0.05) is 26.0 Å². The van der Waals surface area contributed by atoms with Gasteiger partial charge in [-0.2, -0.15) is 0 Å². The number of aromatic carboxylic acids is 1. The third-order valence-electron chi connectivity index (χ3n) is 4.32. The molecule has 1 aliphatic rings. The van der Waals surface area contributed by atoms with Gasteiger partial charge in [-0.3, -0.25) is 9.88 Å². The topological polar surface area (TPSA) is 53.4 Å². The lowest BCUT2D eigenvalue weighted by atomic mass is 9.71. The van der Waals surface area contributed by atoms with Gasteiger partial charge in [0.05, 0.1) is 5.56 Å². The summed E-state index contributed by atoms with van der Waals surface area (Å²) in [6.45, 7) is 6.42. The molecule has 2 aromatic rings. The van der Waals surface area contributed by atoms with Crippen LogP contribution >= 0.6 is 0 Å². The molecule has 22 heavy (non-hydrogen) atoms. The largest absolute Gasteiger partial charge is 0.478 e. The van der Waals surface area contributed by atoms with Crippen molar-refractivity contribution in [2.45, 2.75) is 26.4 Å². The molecule has 1 saturated heterocycles. The van der Waals surface area contributed by atoms with Crippen LogP contribution in [0.25, 0.3) is 0 Å². The van der Waals surface area contributed by atoms with Crippen molar-refractivity contribution in [3.05, 3.63) is 65.5 Å². The van der Waals surface area contributed by atoms with Gasteiger partial charge in [0, 0.05) is 31.5 Å². The number of carboxylic acid groups (broad SMARTS) is 1. The van der Waals surface area contributed by atoms with Gasteiger partial charge in [0.25, 0.3) is 0 Å². The van der Waals surface area contributed by atoms with Crippen LogP contribution in [0.3, 0.4) is 0 Å². The van der Waals surface area contributed by atoms with Crippen molar-refractivity contribution in [3.8, 4) is 0 Å². The fourth-order valence-electron chi connectivity index (χ4n) is 3.43. The Bertz CT molecular complexity index is 665. The molecular formula is C18H20N2O2. The maximum atomic E-state index is 10.9. The molecule has 1 atom stereocenters. The lowest BCUT2D eigenvalue weighted by molar-refractivity contribution is -0.0588. The number of carboxylic acids is 1. The summed E-state index contributed by atoms with van der Waals surface area (Å²) in [6, 6.07) is 11.7. The highest BCUT2D eigenvalue weighted by atomic mass is 16.4. The molecule has 1 unspecified atom stereocenters. The smallest absolute Gasteiger partial charge is 0.335 e. The first-order valence-corrected chi connectivity index (χ1v) is 7.43. The predicted octanol–water partition coefficient (Wildman–Crippen LogP) is 3.36. The van der Waals surface area contributed by atoms with E-state index >= 15 is 0 Å². The summed E-state index contributed by atoms with van der Waals surface area (Å²) in [7, 11) is 0. The third kappa shape index (κ3) is 2.74. The van der Waals surface area contributed by atoms with E-state index in [1.165, 1.54) is 5.56 Å². The average molecular weight is 296 g/mol. The number of nitrogens with zero attached hydrogens (tertiary/aromatic N) is 2. The van der Waals surface area contributed by atoms with Gasteiger partial charge in [-0.15, -0.1) is 0 Å². The molecular weight excluding hydrogens is 276 g/mol. The minimum absolute atomic E-state index is 0.238. The highest BCUT2D eigenvalue weighted by Crippen LogP contribution is 2.48. The van der Waals surface area contributed by atoms with E-state index in [0.717, 1.165) is 18.7 Å². The second-order valence-electron chi connectivity index (χ2n) is 6.58. The summed E-state index contributed by atoms with van der Waals surface area (Å²) < 4.78 is 0. The van der Waals surface area contributed by atoms with Crippen LogP contribution in [-0.2, 0) is 6.54 Å². The van der Waals surface area contributed by atoms with Gasteiger partial charge in [0.15, 0.2) is 0 Å². The lowest BCUT2D eigenvalue weighted by Crippen LogP contribution is -2.54. The molecule has 1 N–H and O–H groups in total. The van der Waals surface area contributed by atoms with Crippen molar-refractivity contribution in [2.24, 2.45) is 5.41 Å². The Morgan fingerprint density at radius 3 is 2.41 bits per heavy atom. The number of hydrogen-bond donors (Lipinski definition) is 1. The van der Waals surface area contributed by atoms with E-state index in [1.54, 1.807) is 12.1 Å². The average Bonchev–Trinajstić information content (AvgIpc) is 2.47. The van der Waals surface area contributed by atoms with E-state index in [4.69, 9.17) is 5.11 Å². The molecule has 4 nitrogen and oxygen atoms in total. The first-order chi connectivity index (χ1) is 10.5. The van der Waals surface area contributed by atoms with E-state index in [-0.39, 0.29) is 5.41 Å². The Kier molecular flexibility index (Phi) is 3.71. The molecule has 3 rings (SSSR count). The van der Waals surface area contributed by atoms with Crippen molar-refractivity contribution >= 4 is 5.97 Å².